The summed E-state index contributed by atoms with van der Waals surface area (Å²) < 4.78 is 0. The summed E-state index contributed by atoms with van der Waals surface area (Å²) in [4.78, 5) is 0. The van der Waals surface area contributed by atoms with E-state index in [0.29, 0.717) is 5.25 Å². The minimum absolute atomic E-state index is 0.570. The van der Waals surface area contributed by atoms with Crippen molar-refractivity contribution >= 4 is 11.8 Å². The fourth-order valence-electron chi connectivity index (χ4n) is 2.13. The molecule has 0 aromatic heterocycles. The summed E-state index contributed by atoms with van der Waals surface area (Å²) in [5, 5.41) is 11.0. The lowest BCUT2D eigenvalue weighted by Gasteiger charge is -2.22. The van der Waals surface area contributed by atoms with Crippen molar-refractivity contribution in [2.45, 2.75) is 37.5 Å². The van der Waals surface area contributed by atoms with Crippen LogP contribution in [0.15, 0.2) is 24.3 Å². The van der Waals surface area contributed by atoms with Gasteiger partial charge in [-0.3, -0.25) is 0 Å². The SMILES string of the molecule is CCc1ccc(C2(O)CSC(C)C2)cc1. The van der Waals surface area contributed by atoms with E-state index in [1.807, 2.05) is 11.8 Å². The van der Waals surface area contributed by atoms with Gasteiger partial charge in [0.05, 0.1) is 5.60 Å². The second kappa shape index (κ2) is 4.18. The molecule has 2 atom stereocenters. The minimum atomic E-state index is -0.587. The fraction of sp³-hybridized carbons (Fsp3) is 0.538. The van der Waals surface area contributed by atoms with Crippen molar-refractivity contribution in [1.82, 2.24) is 0 Å². The number of aliphatic hydroxyl groups is 1. The summed E-state index contributed by atoms with van der Waals surface area (Å²) in [6.45, 7) is 4.33. The topological polar surface area (TPSA) is 20.2 Å². The number of hydrogen-bond donors (Lipinski definition) is 1. The molecule has 2 rings (SSSR count). The molecule has 15 heavy (non-hydrogen) atoms. The van der Waals surface area contributed by atoms with E-state index in [-0.39, 0.29) is 0 Å². The van der Waals surface area contributed by atoms with Crippen molar-refractivity contribution in [3.05, 3.63) is 35.4 Å². The van der Waals surface area contributed by atoms with Gasteiger partial charge in [-0.2, -0.15) is 11.8 Å². The number of rotatable bonds is 2. The molecule has 1 heterocycles. The van der Waals surface area contributed by atoms with Crippen LogP contribution in [0.25, 0.3) is 0 Å². The van der Waals surface area contributed by atoms with E-state index in [2.05, 4.69) is 38.1 Å². The van der Waals surface area contributed by atoms with Crippen LogP contribution in [0.5, 0.6) is 0 Å². The molecule has 0 spiro atoms. The van der Waals surface area contributed by atoms with E-state index in [9.17, 15) is 5.11 Å². The van der Waals surface area contributed by atoms with Crippen LogP contribution in [-0.2, 0) is 12.0 Å². The van der Waals surface area contributed by atoms with E-state index in [1.54, 1.807) is 0 Å². The van der Waals surface area contributed by atoms with Crippen molar-refractivity contribution in [1.29, 1.82) is 0 Å². The highest BCUT2D eigenvalue weighted by Crippen LogP contribution is 2.41. The molecule has 1 aromatic rings. The molecule has 1 nitrogen and oxygen atoms in total. The van der Waals surface area contributed by atoms with Gasteiger partial charge in [0.15, 0.2) is 0 Å². The summed E-state index contributed by atoms with van der Waals surface area (Å²) in [6.07, 6.45) is 1.94. The first kappa shape index (κ1) is 11.0. The van der Waals surface area contributed by atoms with E-state index < -0.39 is 5.60 Å². The van der Waals surface area contributed by atoms with Crippen LogP contribution in [0, 0.1) is 0 Å². The van der Waals surface area contributed by atoms with Gasteiger partial charge in [0.25, 0.3) is 0 Å². The molecule has 1 aromatic carbocycles. The third-order valence-electron chi connectivity index (χ3n) is 3.13. The Balaban J connectivity index is 2.22. The molecule has 82 valence electrons. The monoisotopic (exact) mass is 222 g/mol. The van der Waals surface area contributed by atoms with Crippen LogP contribution in [0.2, 0.25) is 0 Å². The molecule has 1 aliphatic rings. The predicted octanol–water partition coefficient (Wildman–Crippen LogP) is 2.96. The van der Waals surface area contributed by atoms with Crippen LogP contribution in [0.4, 0.5) is 0 Å². The first-order chi connectivity index (χ1) is 7.14. The normalized spacial score (nSPS) is 30.7. The highest BCUT2D eigenvalue weighted by Gasteiger charge is 2.37. The molecule has 1 N–H and O–H groups in total. The molecule has 0 radical (unpaired) electrons. The van der Waals surface area contributed by atoms with Gasteiger partial charge in [0.2, 0.25) is 0 Å². The van der Waals surface area contributed by atoms with Crippen LogP contribution < -0.4 is 0 Å². The molecule has 2 unspecified atom stereocenters. The summed E-state index contributed by atoms with van der Waals surface area (Å²) in [5.74, 6) is 0.833. The van der Waals surface area contributed by atoms with Crippen molar-refractivity contribution in [3.8, 4) is 0 Å². The quantitative estimate of drug-likeness (QED) is 0.830. The summed E-state index contributed by atoms with van der Waals surface area (Å²) in [6, 6.07) is 8.41. The van der Waals surface area contributed by atoms with E-state index in [0.717, 1.165) is 24.2 Å². The summed E-state index contributed by atoms with van der Waals surface area (Å²) >= 11 is 1.86. The Morgan fingerprint density at radius 1 is 1.40 bits per heavy atom. The highest BCUT2D eigenvalue weighted by molar-refractivity contribution is 8.00. The molecular weight excluding hydrogens is 204 g/mol. The lowest BCUT2D eigenvalue weighted by atomic mass is 9.91. The maximum atomic E-state index is 10.5. The fourth-order valence-corrected chi connectivity index (χ4v) is 3.36. The number of hydrogen-bond acceptors (Lipinski definition) is 2. The van der Waals surface area contributed by atoms with Crippen molar-refractivity contribution in [2.75, 3.05) is 5.75 Å². The van der Waals surface area contributed by atoms with Crippen LogP contribution in [0.3, 0.4) is 0 Å². The van der Waals surface area contributed by atoms with Crippen molar-refractivity contribution in [2.24, 2.45) is 0 Å². The first-order valence-electron chi connectivity index (χ1n) is 5.57. The average Bonchev–Trinajstić information content (AvgIpc) is 2.60. The minimum Gasteiger partial charge on any atom is -0.384 e. The summed E-state index contributed by atoms with van der Waals surface area (Å²) in [7, 11) is 0. The molecule has 0 bridgehead atoms. The van der Waals surface area contributed by atoms with Crippen LogP contribution >= 0.6 is 11.8 Å². The third-order valence-corrected chi connectivity index (χ3v) is 4.51. The third kappa shape index (κ3) is 2.21. The van der Waals surface area contributed by atoms with Gasteiger partial charge in [-0.25, -0.2) is 0 Å². The lowest BCUT2D eigenvalue weighted by molar-refractivity contribution is 0.0612. The van der Waals surface area contributed by atoms with E-state index in [1.165, 1.54) is 5.56 Å². The zero-order chi connectivity index (χ0) is 10.9. The van der Waals surface area contributed by atoms with Gasteiger partial charge in [-0.05, 0) is 24.0 Å². The Bertz CT molecular complexity index is 333. The standard InChI is InChI=1S/C13H18OS/c1-3-11-4-6-12(7-5-11)13(14)8-10(2)15-9-13/h4-7,10,14H,3,8-9H2,1-2H3. The average molecular weight is 222 g/mol. The van der Waals surface area contributed by atoms with Gasteiger partial charge in [-0.15, -0.1) is 0 Å². The summed E-state index contributed by atoms with van der Waals surface area (Å²) in [5.41, 5.74) is 1.83. The largest absolute Gasteiger partial charge is 0.384 e. The van der Waals surface area contributed by atoms with Crippen molar-refractivity contribution in [3.63, 3.8) is 0 Å². The van der Waals surface area contributed by atoms with Crippen LogP contribution in [0.1, 0.15) is 31.4 Å². The van der Waals surface area contributed by atoms with Gasteiger partial charge < -0.3 is 5.11 Å². The maximum absolute atomic E-state index is 10.5. The van der Waals surface area contributed by atoms with Gasteiger partial charge >= 0.3 is 0 Å². The number of benzene rings is 1. The molecule has 0 amide bonds. The van der Waals surface area contributed by atoms with Gasteiger partial charge in [0.1, 0.15) is 0 Å². The molecular formula is C13H18OS. The smallest absolute Gasteiger partial charge is 0.0997 e. The molecule has 1 fully saturated rings. The molecule has 0 saturated carbocycles. The second-order valence-corrected chi connectivity index (χ2v) is 5.83. The Labute approximate surface area is 95.9 Å². The Hall–Kier alpha value is -0.470. The molecule has 1 saturated heterocycles. The van der Waals surface area contributed by atoms with Crippen LogP contribution in [-0.4, -0.2) is 16.1 Å². The lowest BCUT2D eigenvalue weighted by Crippen LogP contribution is -2.25. The highest BCUT2D eigenvalue weighted by atomic mass is 32.2. The van der Waals surface area contributed by atoms with E-state index in [4.69, 9.17) is 0 Å². The zero-order valence-corrected chi connectivity index (χ0v) is 10.2. The van der Waals surface area contributed by atoms with Gasteiger partial charge in [0, 0.05) is 11.0 Å². The van der Waals surface area contributed by atoms with Crippen molar-refractivity contribution < 1.29 is 5.11 Å². The molecule has 2 heteroatoms. The second-order valence-electron chi connectivity index (χ2n) is 4.41. The first-order valence-corrected chi connectivity index (χ1v) is 6.62. The number of aryl methyl sites for hydroxylation is 1. The number of thioether (sulfide) groups is 1. The molecule has 0 aliphatic carbocycles. The maximum Gasteiger partial charge on any atom is 0.0997 e. The van der Waals surface area contributed by atoms with E-state index >= 15 is 0 Å². The predicted molar refractivity (Wildman–Crippen MR) is 66.3 cm³/mol. The Morgan fingerprint density at radius 3 is 2.53 bits per heavy atom. The Morgan fingerprint density at radius 2 is 2.07 bits per heavy atom. The Kier molecular flexibility index (Phi) is 3.08. The zero-order valence-electron chi connectivity index (χ0n) is 9.36. The molecule has 1 aliphatic heterocycles. The van der Waals surface area contributed by atoms with Gasteiger partial charge in [-0.1, -0.05) is 38.1 Å².